The van der Waals surface area contributed by atoms with Gasteiger partial charge in [0.05, 0.1) is 0 Å². The van der Waals surface area contributed by atoms with Crippen LogP contribution in [0.1, 0.15) is 35.7 Å². The fraction of sp³-hybridized carbons (Fsp3) is 0.467. The van der Waals surface area contributed by atoms with E-state index in [0.29, 0.717) is 13.0 Å². The Bertz CT molecular complexity index is 544. The number of hydrogen-bond acceptors (Lipinski definition) is 2. The summed E-state index contributed by atoms with van der Waals surface area (Å²) in [5, 5.41) is 9.28. The largest absolute Gasteiger partial charge is 0.480 e. The van der Waals surface area contributed by atoms with Gasteiger partial charge in [0.1, 0.15) is 11.9 Å². The molecule has 1 amide bonds. The Balaban J connectivity index is 2.31. The van der Waals surface area contributed by atoms with Gasteiger partial charge in [-0.3, -0.25) is 4.79 Å². The van der Waals surface area contributed by atoms with Gasteiger partial charge >= 0.3 is 5.97 Å². The van der Waals surface area contributed by atoms with Gasteiger partial charge in [-0.25, -0.2) is 9.18 Å². The van der Waals surface area contributed by atoms with Crippen molar-refractivity contribution < 1.29 is 19.1 Å². The monoisotopic (exact) mass is 279 g/mol. The van der Waals surface area contributed by atoms with Gasteiger partial charge in [0.2, 0.25) is 0 Å². The Morgan fingerprint density at radius 3 is 2.75 bits per heavy atom. The SMILES string of the molecule is Cc1c(F)cccc1C(=O)N1CCC(C)CC1C(=O)O. The van der Waals surface area contributed by atoms with Crippen LogP contribution in [-0.2, 0) is 4.79 Å². The molecule has 0 saturated carbocycles. The Morgan fingerprint density at radius 1 is 1.40 bits per heavy atom. The standard InChI is InChI=1S/C15H18FNO3/c1-9-6-7-17(13(8-9)15(19)20)14(18)11-4-3-5-12(16)10(11)2/h3-5,9,13H,6-8H2,1-2H3,(H,19,20). The first-order chi connectivity index (χ1) is 9.41. The number of carboxylic acids is 1. The lowest BCUT2D eigenvalue weighted by Gasteiger charge is -2.36. The molecule has 1 aromatic carbocycles. The summed E-state index contributed by atoms with van der Waals surface area (Å²) >= 11 is 0. The fourth-order valence-electron chi connectivity index (χ4n) is 2.61. The molecule has 1 aliphatic rings. The molecule has 2 atom stereocenters. The van der Waals surface area contributed by atoms with Crippen LogP contribution in [-0.4, -0.2) is 34.5 Å². The second-order valence-corrected chi connectivity index (χ2v) is 5.39. The second kappa shape index (κ2) is 5.61. The predicted octanol–water partition coefficient (Wildman–Crippen LogP) is 2.46. The first kappa shape index (κ1) is 14.5. The van der Waals surface area contributed by atoms with Gasteiger partial charge in [0, 0.05) is 12.1 Å². The Morgan fingerprint density at radius 2 is 2.10 bits per heavy atom. The maximum atomic E-state index is 13.5. The van der Waals surface area contributed by atoms with Crippen LogP contribution in [0.15, 0.2) is 18.2 Å². The summed E-state index contributed by atoms with van der Waals surface area (Å²) in [5.74, 6) is -1.58. The molecule has 1 aromatic rings. The normalized spacial score (nSPS) is 22.6. The zero-order chi connectivity index (χ0) is 14.9. The number of carboxylic acid groups (broad SMARTS) is 1. The van der Waals surface area contributed by atoms with E-state index in [9.17, 15) is 19.1 Å². The predicted molar refractivity (Wildman–Crippen MR) is 72.0 cm³/mol. The Labute approximate surface area is 117 Å². The summed E-state index contributed by atoms with van der Waals surface area (Å²) in [6, 6.07) is 3.48. The number of carbonyl (C=O) groups excluding carboxylic acids is 1. The number of carbonyl (C=O) groups is 2. The highest BCUT2D eigenvalue weighted by molar-refractivity contribution is 5.98. The van der Waals surface area contributed by atoms with E-state index >= 15 is 0 Å². The van der Waals surface area contributed by atoms with Gasteiger partial charge in [-0.2, -0.15) is 0 Å². The molecule has 0 aliphatic carbocycles. The van der Waals surface area contributed by atoms with E-state index in [-0.39, 0.29) is 17.0 Å². The molecule has 2 unspecified atom stereocenters. The summed E-state index contributed by atoms with van der Waals surface area (Å²) in [7, 11) is 0. The first-order valence-corrected chi connectivity index (χ1v) is 6.70. The van der Waals surface area contributed by atoms with Crippen LogP contribution in [0.4, 0.5) is 4.39 Å². The quantitative estimate of drug-likeness (QED) is 0.904. The molecule has 108 valence electrons. The number of nitrogens with zero attached hydrogens (tertiary/aromatic N) is 1. The summed E-state index contributed by atoms with van der Waals surface area (Å²) in [4.78, 5) is 25.2. The number of aliphatic carboxylic acids is 1. The highest BCUT2D eigenvalue weighted by Gasteiger charge is 2.35. The van der Waals surface area contributed by atoms with E-state index in [1.165, 1.54) is 30.0 Å². The van der Waals surface area contributed by atoms with Crippen molar-refractivity contribution in [3.8, 4) is 0 Å². The maximum Gasteiger partial charge on any atom is 0.326 e. The van der Waals surface area contributed by atoms with Crippen molar-refractivity contribution in [2.75, 3.05) is 6.54 Å². The minimum Gasteiger partial charge on any atom is -0.480 e. The van der Waals surface area contributed by atoms with Gasteiger partial charge < -0.3 is 10.0 Å². The molecule has 1 saturated heterocycles. The summed E-state index contributed by atoms with van der Waals surface area (Å²) in [5.41, 5.74) is 0.506. The van der Waals surface area contributed by atoms with Crippen LogP contribution in [0.3, 0.4) is 0 Å². The van der Waals surface area contributed by atoms with Gasteiger partial charge in [-0.05, 0) is 43.4 Å². The first-order valence-electron chi connectivity index (χ1n) is 6.70. The summed E-state index contributed by atoms with van der Waals surface area (Å²) in [6.45, 7) is 3.91. The van der Waals surface area contributed by atoms with E-state index < -0.39 is 23.7 Å². The van der Waals surface area contributed by atoms with Crippen molar-refractivity contribution in [2.45, 2.75) is 32.7 Å². The van der Waals surface area contributed by atoms with Gasteiger partial charge in [-0.15, -0.1) is 0 Å². The lowest BCUT2D eigenvalue weighted by atomic mass is 9.91. The van der Waals surface area contributed by atoms with E-state index in [1.807, 2.05) is 6.92 Å². The highest BCUT2D eigenvalue weighted by atomic mass is 19.1. The molecule has 0 bridgehead atoms. The molecular formula is C15H18FNO3. The third kappa shape index (κ3) is 2.66. The zero-order valence-electron chi connectivity index (χ0n) is 11.6. The van der Waals surface area contributed by atoms with Gasteiger partial charge in [0.15, 0.2) is 0 Å². The second-order valence-electron chi connectivity index (χ2n) is 5.39. The number of benzene rings is 1. The van der Waals surface area contributed by atoms with Crippen LogP contribution in [0.25, 0.3) is 0 Å². The van der Waals surface area contributed by atoms with Crippen molar-refractivity contribution in [2.24, 2.45) is 5.92 Å². The number of likely N-dealkylation sites (tertiary alicyclic amines) is 1. The van der Waals surface area contributed by atoms with Crippen molar-refractivity contribution in [1.29, 1.82) is 0 Å². The van der Waals surface area contributed by atoms with E-state index in [4.69, 9.17) is 0 Å². The van der Waals surface area contributed by atoms with Gasteiger partial charge in [-0.1, -0.05) is 13.0 Å². The van der Waals surface area contributed by atoms with Crippen molar-refractivity contribution in [3.63, 3.8) is 0 Å². The average molecular weight is 279 g/mol. The molecule has 1 aliphatic heterocycles. The molecule has 1 N–H and O–H groups in total. The van der Waals surface area contributed by atoms with Crippen LogP contribution in [0, 0.1) is 18.7 Å². The third-order valence-electron chi connectivity index (χ3n) is 3.91. The van der Waals surface area contributed by atoms with Crippen LogP contribution in [0.2, 0.25) is 0 Å². The maximum absolute atomic E-state index is 13.5. The van der Waals surface area contributed by atoms with Crippen molar-refractivity contribution in [3.05, 3.63) is 35.1 Å². The molecule has 1 fully saturated rings. The number of hydrogen-bond donors (Lipinski definition) is 1. The lowest BCUT2D eigenvalue weighted by Crippen LogP contribution is -2.50. The van der Waals surface area contributed by atoms with E-state index in [1.54, 1.807) is 0 Å². The average Bonchev–Trinajstić information content (AvgIpc) is 2.41. The lowest BCUT2D eigenvalue weighted by molar-refractivity contribution is -0.144. The van der Waals surface area contributed by atoms with Crippen LogP contribution < -0.4 is 0 Å². The van der Waals surface area contributed by atoms with Crippen LogP contribution in [0.5, 0.6) is 0 Å². The summed E-state index contributed by atoms with van der Waals surface area (Å²) in [6.07, 6.45) is 1.21. The highest BCUT2D eigenvalue weighted by Crippen LogP contribution is 2.25. The van der Waals surface area contributed by atoms with E-state index in [0.717, 1.165) is 6.42 Å². The molecule has 0 aromatic heterocycles. The minimum atomic E-state index is -1.00. The van der Waals surface area contributed by atoms with Gasteiger partial charge in [0.25, 0.3) is 5.91 Å². The molecule has 5 heteroatoms. The Hall–Kier alpha value is -1.91. The topological polar surface area (TPSA) is 57.6 Å². The zero-order valence-corrected chi connectivity index (χ0v) is 11.6. The number of rotatable bonds is 2. The summed E-state index contributed by atoms with van der Waals surface area (Å²) < 4.78 is 13.5. The molecule has 0 spiro atoms. The smallest absolute Gasteiger partial charge is 0.326 e. The van der Waals surface area contributed by atoms with Crippen molar-refractivity contribution in [1.82, 2.24) is 4.90 Å². The Kier molecular flexibility index (Phi) is 4.06. The molecule has 1 heterocycles. The number of piperidine rings is 1. The molecule has 2 rings (SSSR count). The molecule has 4 nitrogen and oxygen atoms in total. The molecule has 0 radical (unpaired) electrons. The number of halogens is 1. The molecule has 20 heavy (non-hydrogen) atoms. The minimum absolute atomic E-state index is 0.241. The third-order valence-corrected chi connectivity index (χ3v) is 3.91. The molecular weight excluding hydrogens is 261 g/mol. The van der Waals surface area contributed by atoms with Crippen LogP contribution >= 0.6 is 0 Å². The van der Waals surface area contributed by atoms with E-state index in [2.05, 4.69) is 0 Å². The van der Waals surface area contributed by atoms with Crippen molar-refractivity contribution >= 4 is 11.9 Å². The number of amides is 1. The fourth-order valence-corrected chi connectivity index (χ4v) is 2.61.